The maximum atomic E-state index is 13.7. The lowest BCUT2D eigenvalue weighted by Crippen LogP contribution is -2.60. The van der Waals surface area contributed by atoms with E-state index in [9.17, 15) is 14.4 Å². The third-order valence-electron chi connectivity index (χ3n) is 7.04. The minimum absolute atomic E-state index is 0.126. The predicted octanol–water partition coefficient (Wildman–Crippen LogP) is 2.52. The molecule has 0 spiro atoms. The van der Waals surface area contributed by atoms with Crippen LogP contribution in [-0.4, -0.2) is 65.1 Å². The fourth-order valence-electron chi connectivity index (χ4n) is 4.59. The van der Waals surface area contributed by atoms with E-state index in [1.54, 1.807) is 14.1 Å². The molecule has 0 saturated carbocycles. The summed E-state index contributed by atoms with van der Waals surface area (Å²) in [6.07, 6.45) is 3.53. The van der Waals surface area contributed by atoms with Crippen molar-refractivity contribution in [2.24, 2.45) is 18.2 Å². The zero-order valence-electron chi connectivity index (χ0n) is 23.6. The van der Waals surface area contributed by atoms with E-state index in [2.05, 4.69) is 16.7 Å². The molecule has 204 valence electrons. The Balaban J connectivity index is 2.38. The third-order valence-corrected chi connectivity index (χ3v) is 7.04. The van der Waals surface area contributed by atoms with E-state index in [1.807, 2.05) is 64.6 Å². The minimum Gasteiger partial charge on any atom is -0.478 e. The summed E-state index contributed by atoms with van der Waals surface area (Å²) in [4.78, 5) is 39.6. The van der Waals surface area contributed by atoms with Crippen LogP contribution in [0.1, 0.15) is 52.7 Å². The number of benzene rings is 1. The molecule has 2 amide bonds. The summed E-state index contributed by atoms with van der Waals surface area (Å²) >= 11 is 0. The second-order valence-electron chi connectivity index (χ2n) is 11.4. The van der Waals surface area contributed by atoms with E-state index in [1.165, 1.54) is 17.9 Å². The standard InChI is InChI=1S/C28H43N5O4/c1-17(26(36)37)12-13-32(8)25(35)23(27(2,3)4)31-24(34)22(30-7)28(5,6)20-16-33(9)21-14-18(15-29)10-11-19(20)21/h10-12,14,16,22-23,30H,13,15,29H2,1-9H3,(H,31,34)(H,36,37)/b17-12+. The number of rotatable bonds is 10. The van der Waals surface area contributed by atoms with Crippen molar-refractivity contribution in [1.29, 1.82) is 0 Å². The number of carboxylic acid groups (broad SMARTS) is 1. The Bertz CT molecular complexity index is 1190. The SMILES string of the molecule is CNC(C(=O)NC(C(=O)N(C)C/C=C(\C)C(=O)O)C(C)(C)C)C(C)(C)c1cn(C)c2cc(CN)ccc12. The van der Waals surface area contributed by atoms with E-state index in [4.69, 9.17) is 10.8 Å². The molecular weight excluding hydrogens is 470 g/mol. The van der Waals surface area contributed by atoms with Crippen molar-refractivity contribution in [3.05, 3.63) is 47.2 Å². The van der Waals surface area contributed by atoms with Crippen LogP contribution in [0.4, 0.5) is 0 Å². The molecule has 2 atom stereocenters. The Labute approximate surface area is 220 Å². The number of hydrogen-bond donors (Lipinski definition) is 4. The Hall–Kier alpha value is -3.17. The number of hydrogen-bond acceptors (Lipinski definition) is 5. The maximum absolute atomic E-state index is 13.7. The van der Waals surface area contributed by atoms with Gasteiger partial charge in [-0.15, -0.1) is 0 Å². The first kappa shape index (κ1) is 30.1. The van der Waals surface area contributed by atoms with Crippen molar-refractivity contribution in [2.45, 2.75) is 65.6 Å². The number of nitrogens with one attached hydrogen (secondary N) is 2. The molecular formula is C28H43N5O4. The van der Waals surface area contributed by atoms with E-state index >= 15 is 0 Å². The molecule has 2 unspecified atom stereocenters. The summed E-state index contributed by atoms with van der Waals surface area (Å²) in [7, 11) is 5.31. The number of carbonyl (C=O) groups excluding carboxylic acids is 2. The van der Waals surface area contributed by atoms with Crippen LogP contribution in [0.25, 0.3) is 10.9 Å². The number of aromatic nitrogens is 1. The molecule has 0 fully saturated rings. The molecule has 1 heterocycles. The van der Waals surface area contributed by atoms with Crippen LogP contribution >= 0.6 is 0 Å². The van der Waals surface area contributed by atoms with Gasteiger partial charge in [-0.25, -0.2) is 4.79 Å². The minimum atomic E-state index is -1.03. The Morgan fingerprint density at radius 1 is 1.16 bits per heavy atom. The zero-order valence-corrected chi connectivity index (χ0v) is 23.6. The third kappa shape index (κ3) is 6.59. The van der Waals surface area contributed by atoms with Crippen LogP contribution in [0.15, 0.2) is 36.0 Å². The first-order valence-corrected chi connectivity index (χ1v) is 12.5. The van der Waals surface area contributed by atoms with Crippen molar-refractivity contribution in [2.75, 3.05) is 20.6 Å². The number of aryl methyl sites for hydroxylation is 1. The molecule has 0 aliphatic heterocycles. The Morgan fingerprint density at radius 3 is 2.30 bits per heavy atom. The molecule has 1 aromatic heterocycles. The van der Waals surface area contributed by atoms with Gasteiger partial charge in [0.2, 0.25) is 11.8 Å². The summed E-state index contributed by atoms with van der Waals surface area (Å²) in [5.74, 6) is -1.61. The van der Waals surface area contributed by atoms with Gasteiger partial charge in [0.05, 0.1) is 6.04 Å². The topological polar surface area (TPSA) is 130 Å². The quantitative estimate of drug-likeness (QED) is 0.361. The highest BCUT2D eigenvalue weighted by Gasteiger charge is 2.41. The highest BCUT2D eigenvalue weighted by Crippen LogP contribution is 2.35. The van der Waals surface area contributed by atoms with Gasteiger partial charge in [0.1, 0.15) is 6.04 Å². The van der Waals surface area contributed by atoms with Gasteiger partial charge in [0.15, 0.2) is 0 Å². The molecule has 2 rings (SSSR count). The smallest absolute Gasteiger partial charge is 0.331 e. The lowest BCUT2D eigenvalue weighted by molar-refractivity contribution is -0.139. The monoisotopic (exact) mass is 513 g/mol. The summed E-state index contributed by atoms with van der Waals surface area (Å²) in [5, 5.41) is 16.3. The number of aliphatic carboxylic acids is 1. The molecule has 0 aliphatic rings. The Kier molecular flexibility index (Phi) is 9.32. The average molecular weight is 514 g/mol. The first-order valence-electron chi connectivity index (χ1n) is 12.5. The molecule has 2 aromatic rings. The van der Waals surface area contributed by atoms with Crippen molar-refractivity contribution in [3.8, 4) is 0 Å². The highest BCUT2D eigenvalue weighted by atomic mass is 16.4. The van der Waals surface area contributed by atoms with Crippen molar-refractivity contribution in [1.82, 2.24) is 20.1 Å². The number of carbonyl (C=O) groups is 3. The van der Waals surface area contributed by atoms with Gasteiger partial charge < -0.3 is 30.9 Å². The molecule has 0 saturated heterocycles. The molecule has 5 N–H and O–H groups in total. The van der Waals surface area contributed by atoms with Crippen LogP contribution in [-0.2, 0) is 33.4 Å². The van der Waals surface area contributed by atoms with Crippen LogP contribution in [0, 0.1) is 5.41 Å². The lowest BCUT2D eigenvalue weighted by atomic mass is 9.76. The predicted molar refractivity (Wildman–Crippen MR) is 147 cm³/mol. The van der Waals surface area contributed by atoms with Crippen LogP contribution in [0.3, 0.4) is 0 Å². The normalized spacial score (nSPS) is 14.4. The zero-order chi connectivity index (χ0) is 28.3. The molecule has 0 aliphatic carbocycles. The van der Waals surface area contributed by atoms with Crippen LogP contribution < -0.4 is 16.4 Å². The molecule has 9 nitrogen and oxygen atoms in total. The van der Waals surface area contributed by atoms with Crippen molar-refractivity contribution >= 4 is 28.7 Å². The van der Waals surface area contributed by atoms with Gasteiger partial charge in [-0.3, -0.25) is 9.59 Å². The fraction of sp³-hybridized carbons (Fsp3) is 0.536. The largest absolute Gasteiger partial charge is 0.478 e. The second-order valence-corrected chi connectivity index (χ2v) is 11.4. The van der Waals surface area contributed by atoms with Gasteiger partial charge >= 0.3 is 5.97 Å². The second kappa shape index (κ2) is 11.5. The highest BCUT2D eigenvalue weighted by molar-refractivity contribution is 5.93. The summed E-state index contributed by atoms with van der Waals surface area (Å²) in [6.45, 7) is 11.7. The molecule has 37 heavy (non-hydrogen) atoms. The molecule has 0 radical (unpaired) electrons. The van der Waals surface area contributed by atoms with Crippen molar-refractivity contribution in [3.63, 3.8) is 0 Å². The summed E-state index contributed by atoms with van der Waals surface area (Å²) < 4.78 is 2.04. The number of nitrogens with zero attached hydrogens (tertiary/aromatic N) is 2. The average Bonchev–Trinajstić information content (AvgIpc) is 3.16. The molecule has 0 bridgehead atoms. The van der Waals surface area contributed by atoms with E-state index in [0.717, 1.165) is 22.0 Å². The number of fused-ring (bicyclic) bond motifs is 1. The summed E-state index contributed by atoms with van der Waals surface area (Å²) in [6, 6.07) is 4.66. The van der Waals surface area contributed by atoms with E-state index < -0.39 is 28.9 Å². The van der Waals surface area contributed by atoms with Gasteiger partial charge in [-0.05, 0) is 36.6 Å². The number of nitrogens with two attached hydrogens (primary N) is 1. The van der Waals surface area contributed by atoms with E-state index in [0.29, 0.717) is 6.54 Å². The van der Waals surface area contributed by atoms with Gasteiger partial charge in [0, 0.05) is 55.3 Å². The van der Waals surface area contributed by atoms with Gasteiger partial charge in [-0.2, -0.15) is 0 Å². The van der Waals surface area contributed by atoms with Gasteiger partial charge in [-0.1, -0.05) is 52.8 Å². The van der Waals surface area contributed by atoms with Crippen molar-refractivity contribution < 1.29 is 19.5 Å². The van der Waals surface area contributed by atoms with Crippen LogP contribution in [0.5, 0.6) is 0 Å². The van der Waals surface area contributed by atoms with Crippen LogP contribution in [0.2, 0.25) is 0 Å². The number of likely N-dealkylation sites (N-methyl/N-ethyl adjacent to an activating group) is 2. The lowest BCUT2D eigenvalue weighted by Gasteiger charge is -2.38. The number of amides is 2. The first-order chi connectivity index (χ1) is 17.1. The van der Waals surface area contributed by atoms with E-state index in [-0.39, 0.29) is 23.9 Å². The fourth-order valence-corrected chi connectivity index (χ4v) is 4.59. The number of carboxylic acids is 1. The summed E-state index contributed by atoms with van der Waals surface area (Å²) in [5.41, 5.74) is 7.87. The Morgan fingerprint density at radius 2 is 1.78 bits per heavy atom. The molecule has 1 aromatic carbocycles. The maximum Gasteiger partial charge on any atom is 0.331 e. The molecule has 9 heteroatoms. The van der Waals surface area contributed by atoms with Gasteiger partial charge in [0.25, 0.3) is 0 Å².